The van der Waals surface area contributed by atoms with E-state index in [0.29, 0.717) is 4.47 Å². The molecule has 0 bridgehead atoms. The number of nitrogens with zero attached hydrogens (tertiary/aromatic N) is 2. The third kappa shape index (κ3) is 1.68. The van der Waals surface area contributed by atoms with Gasteiger partial charge in [-0.15, -0.1) is 0 Å². The van der Waals surface area contributed by atoms with Gasteiger partial charge in [-0.1, -0.05) is 6.07 Å². The Balaban J connectivity index is 2.75. The Labute approximate surface area is 102 Å². The number of fused-ring (bicyclic) bond motifs is 1. The average molecular weight is 334 g/mol. The van der Waals surface area contributed by atoms with Crippen LogP contribution in [0.5, 0.6) is 0 Å². The van der Waals surface area contributed by atoms with E-state index in [1.165, 1.54) is 7.11 Å². The van der Waals surface area contributed by atoms with E-state index >= 15 is 0 Å². The molecule has 2 heterocycles. The second-order valence-corrected chi connectivity index (χ2v) is 4.41. The fourth-order valence-corrected chi connectivity index (χ4v) is 2.20. The molecule has 15 heavy (non-hydrogen) atoms. The van der Waals surface area contributed by atoms with Gasteiger partial charge in [0, 0.05) is 0 Å². The summed E-state index contributed by atoms with van der Waals surface area (Å²) in [5.41, 5.74) is 1.08. The molecule has 2 aromatic heterocycles. The molecule has 0 radical (unpaired) electrons. The number of carbonyl (C=O) groups is 1. The number of methoxy groups -OCH3 is 1. The third-order valence-electron chi connectivity index (χ3n) is 1.93. The molecule has 0 aliphatic rings. The lowest BCUT2D eigenvalue weighted by atomic mass is 10.3. The molecule has 2 rings (SSSR count). The zero-order valence-corrected chi connectivity index (χ0v) is 10.9. The van der Waals surface area contributed by atoms with Crippen molar-refractivity contribution in [3.8, 4) is 0 Å². The Bertz CT molecular complexity index is 536. The molecule has 6 heteroatoms. The van der Waals surface area contributed by atoms with Gasteiger partial charge in [0.25, 0.3) is 0 Å². The first-order valence-electron chi connectivity index (χ1n) is 4.06. The Morgan fingerprint density at radius 2 is 2.20 bits per heavy atom. The molecule has 0 saturated heterocycles. The van der Waals surface area contributed by atoms with Gasteiger partial charge in [0.2, 0.25) is 0 Å². The first-order valence-corrected chi connectivity index (χ1v) is 5.65. The predicted octanol–water partition coefficient (Wildman–Crippen LogP) is 2.65. The summed E-state index contributed by atoms with van der Waals surface area (Å²) in [6.07, 6.45) is 0. The van der Waals surface area contributed by atoms with Crippen LogP contribution in [0.3, 0.4) is 0 Å². The van der Waals surface area contributed by atoms with E-state index in [2.05, 4.69) is 41.7 Å². The van der Waals surface area contributed by atoms with Crippen molar-refractivity contribution in [2.75, 3.05) is 7.11 Å². The number of carbonyl (C=O) groups excluding carboxylic acids is 1. The number of pyridine rings is 1. The molecule has 78 valence electrons. The normalized spacial score (nSPS) is 10.6. The van der Waals surface area contributed by atoms with Gasteiger partial charge in [-0.2, -0.15) is 5.10 Å². The highest BCUT2D eigenvalue weighted by atomic mass is 79.9. The third-order valence-corrected chi connectivity index (χ3v) is 3.31. The maximum absolute atomic E-state index is 11.4. The van der Waals surface area contributed by atoms with Gasteiger partial charge >= 0.3 is 5.97 Å². The summed E-state index contributed by atoms with van der Waals surface area (Å²) in [6, 6.07) is 5.56. The summed E-state index contributed by atoms with van der Waals surface area (Å²) in [5.74, 6) is -0.461. The molecule has 0 N–H and O–H groups in total. The SMILES string of the molecule is COC(=O)c1nn2c(Br)cccc2c1Br. The van der Waals surface area contributed by atoms with E-state index in [1.807, 2.05) is 18.2 Å². The van der Waals surface area contributed by atoms with Crippen molar-refractivity contribution in [3.05, 3.63) is 33.0 Å². The van der Waals surface area contributed by atoms with Crippen LogP contribution in [-0.4, -0.2) is 22.7 Å². The van der Waals surface area contributed by atoms with E-state index in [0.717, 1.165) is 10.1 Å². The van der Waals surface area contributed by atoms with Gasteiger partial charge in [-0.25, -0.2) is 9.31 Å². The first kappa shape index (κ1) is 10.6. The summed E-state index contributed by atoms with van der Waals surface area (Å²) in [7, 11) is 1.33. The zero-order valence-electron chi connectivity index (χ0n) is 7.70. The molecule has 0 atom stereocenters. The van der Waals surface area contributed by atoms with Gasteiger partial charge in [0.15, 0.2) is 5.69 Å². The highest BCUT2D eigenvalue weighted by Crippen LogP contribution is 2.25. The molecule has 0 spiro atoms. The van der Waals surface area contributed by atoms with Crippen LogP contribution in [0.15, 0.2) is 27.3 Å². The van der Waals surface area contributed by atoms with Crippen molar-refractivity contribution < 1.29 is 9.53 Å². The number of hydrogen-bond donors (Lipinski definition) is 0. The maximum Gasteiger partial charge on any atom is 0.359 e. The number of hydrogen-bond acceptors (Lipinski definition) is 3. The van der Waals surface area contributed by atoms with Crippen LogP contribution in [0.2, 0.25) is 0 Å². The van der Waals surface area contributed by atoms with Gasteiger partial charge in [-0.05, 0) is 44.0 Å². The van der Waals surface area contributed by atoms with E-state index < -0.39 is 5.97 Å². The molecule has 0 aliphatic carbocycles. The van der Waals surface area contributed by atoms with Crippen molar-refractivity contribution >= 4 is 43.3 Å². The highest BCUT2D eigenvalue weighted by Gasteiger charge is 2.18. The Morgan fingerprint density at radius 1 is 1.47 bits per heavy atom. The summed E-state index contributed by atoms with van der Waals surface area (Å²) in [5, 5.41) is 4.13. The van der Waals surface area contributed by atoms with Crippen LogP contribution >= 0.6 is 31.9 Å². The van der Waals surface area contributed by atoms with Crippen molar-refractivity contribution in [2.24, 2.45) is 0 Å². The minimum atomic E-state index is -0.461. The Hall–Kier alpha value is -0.880. The van der Waals surface area contributed by atoms with Crippen molar-refractivity contribution in [3.63, 3.8) is 0 Å². The van der Waals surface area contributed by atoms with E-state index in [1.54, 1.807) is 4.52 Å². The van der Waals surface area contributed by atoms with Crippen molar-refractivity contribution in [2.45, 2.75) is 0 Å². The lowest BCUT2D eigenvalue weighted by molar-refractivity contribution is 0.0592. The van der Waals surface area contributed by atoms with E-state index in [9.17, 15) is 4.79 Å². The Morgan fingerprint density at radius 3 is 2.80 bits per heavy atom. The molecular formula is C9H6Br2N2O2. The molecule has 0 unspecified atom stereocenters. The lowest BCUT2D eigenvalue weighted by Gasteiger charge is -1.94. The smallest absolute Gasteiger partial charge is 0.359 e. The van der Waals surface area contributed by atoms with Crippen LogP contribution < -0.4 is 0 Å². The fraction of sp³-hybridized carbons (Fsp3) is 0.111. The minimum Gasteiger partial charge on any atom is -0.464 e. The first-order chi connectivity index (χ1) is 7.15. The molecule has 0 saturated carbocycles. The number of halogens is 2. The Kier molecular flexibility index (Phi) is 2.79. The van der Waals surface area contributed by atoms with E-state index in [-0.39, 0.29) is 5.69 Å². The lowest BCUT2D eigenvalue weighted by Crippen LogP contribution is -2.03. The molecule has 0 amide bonds. The molecule has 0 aliphatic heterocycles. The highest BCUT2D eigenvalue weighted by molar-refractivity contribution is 9.11. The van der Waals surface area contributed by atoms with Gasteiger partial charge in [0.05, 0.1) is 17.1 Å². The standard InChI is InChI=1S/C9H6Br2N2O2/c1-15-9(14)8-7(11)5-3-2-4-6(10)13(5)12-8/h2-4H,1H3. The summed E-state index contributed by atoms with van der Waals surface area (Å²) in [4.78, 5) is 11.4. The summed E-state index contributed by atoms with van der Waals surface area (Å²) < 4.78 is 7.66. The second kappa shape index (κ2) is 3.94. The van der Waals surface area contributed by atoms with Crippen LogP contribution in [0.4, 0.5) is 0 Å². The minimum absolute atomic E-state index is 0.268. The maximum atomic E-state index is 11.4. The predicted molar refractivity (Wildman–Crippen MR) is 61.9 cm³/mol. The van der Waals surface area contributed by atoms with Crippen LogP contribution in [0.1, 0.15) is 10.5 Å². The monoisotopic (exact) mass is 332 g/mol. The van der Waals surface area contributed by atoms with Crippen LogP contribution in [0, 0.1) is 0 Å². The fourth-order valence-electron chi connectivity index (χ4n) is 1.24. The summed E-state index contributed by atoms with van der Waals surface area (Å²) in [6.45, 7) is 0. The second-order valence-electron chi connectivity index (χ2n) is 2.80. The molecular weight excluding hydrogens is 328 g/mol. The van der Waals surface area contributed by atoms with Gasteiger partial charge < -0.3 is 4.74 Å². The number of aromatic nitrogens is 2. The molecule has 4 nitrogen and oxygen atoms in total. The number of rotatable bonds is 1. The number of ether oxygens (including phenoxy) is 1. The van der Waals surface area contributed by atoms with Crippen LogP contribution in [0.25, 0.3) is 5.52 Å². The molecule has 0 fully saturated rings. The number of esters is 1. The van der Waals surface area contributed by atoms with Crippen molar-refractivity contribution in [1.82, 2.24) is 9.61 Å². The topological polar surface area (TPSA) is 43.6 Å². The largest absolute Gasteiger partial charge is 0.464 e. The van der Waals surface area contributed by atoms with Gasteiger partial charge in [-0.3, -0.25) is 0 Å². The van der Waals surface area contributed by atoms with Gasteiger partial charge in [0.1, 0.15) is 4.60 Å². The average Bonchev–Trinajstić information content (AvgIpc) is 2.57. The molecule has 0 aromatic carbocycles. The summed E-state index contributed by atoms with van der Waals surface area (Å²) >= 11 is 6.67. The van der Waals surface area contributed by atoms with Crippen molar-refractivity contribution in [1.29, 1.82) is 0 Å². The van der Waals surface area contributed by atoms with E-state index in [4.69, 9.17) is 0 Å². The molecule has 2 aromatic rings. The zero-order chi connectivity index (χ0) is 11.0. The quantitative estimate of drug-likeness (QED) is 0.595. The van der Waals surface area contributed by atoms with Crippen LogP contribution in [-0.2, 0) is 4.74 Å².